The van der Waals surface area contributed by atoms with Gasteiger partial charge in [0.15, 0.2) is 18.1 Å². The average Bonchev–Trinajstić information content (AvgIpc) is 3.23. The van der Waals surface area contributed by atoms with Crippen LogP contribution in [0.25, 0.3) is 11.0 Å². The summed E-state index contributed by atoms with van der Waals surface area (Å²) >= 11 is 0. The normalized spacial score (nSPS) is 14.4. The predicted octanol–water partition coefficient (Wildman–Crippen LogP) is 1.80. The molecule has 0 radical (unpaired) electrons. The Balaban J connectivity index is 1.67. The number of carbonyl (C=O) groups excluding carboxylic acids is 1. The number of fused-ring (bicyclic) bond motifs is 1. The highest BCUT2D eigenvalue weighted by molar-refractivity contribution is 5.86. The van der Waals surface area contributed by atoms with Gasteiger partial charge in [-0.3, -0.25) is 4.79 Å². The molecule has 1 fully saturated rings. The number of benzene rings is 1. The summed E-state index contributed by atoms with van der Waals surface area (Å²) in [5, 5.41) is 3.72. The highest BCUT2D eigenvalue weighted by atomic mass is 16.5. The quantitative estimate of drug-likeness (QED) is 0.842. The zero-order valence-electron chi connectivity index (χ0n) is 11.2. The topological polar surface area (TPSA) is 77.5 Å². The van der Waals surface area contributed by atoms with Crippen LogP contribution in [0.15, 0.2) is 28.7 Å². The van der Waals surface area contributed by atoms with E-state index in [0.717, 1.165) is 17.5 Å². The number of nitrogens with one attached hydrogen (secondary N) is 1. The van der Waals surface area contributed by atoms with Crippen LogP contribution in [-0.2, 0) is 11.3 Å². The van der Waals surface area contributed by atoms with Crippen molar-refractivity contribution in [2.24, 2.45) is 11.7 Å². The molecule has 1 aliphatic rings. The molecule has 1 heterocycles. The van der Waals surface area contributed by atoms with E-state index in [1.807, 2.05) is 24.3 Å². The molecule has 5 heteroatoms. The van der Waals surface area contributed by atoms with Crippen LogP contribution in [0.2, 0.25) is 0 Å². The Morgan fingerprint density at radius 3 is 2.95 bits per heavy atom. The Hall–Kier alpha value is -2.01. The molecule has 1 aromatic carbocycles. The van der Waals surface area contributed by atoms with Gasteiger partial charge in [-0.05, 0) is 30.9 Å². The Bertz CT molecular complexity index is 617. The summed E-state index contributed by atoms with van der Waals surface area (Å²) in [4.78, 5) is 11.7. The maximum absolute atomic E-state index is 11.7. The third-order valence-corrected chi connectivity index (χ3v) is 3.44. The van der Waals surface area contributed by atoms with E-state index in [0.29, 0.717) is 17.4 Å². The predicted molar refractivity (Wildman–Crippen MR) is 75.3 cm³/mol. The highest BCUT2D eigenvalue weighted by Gasteiger charge is 2.22. The van der Waals surface area contributed by atoms with Crippen LogP contribution < -0.4 is 15.8 Å². The second-order valence-corrected chi connectivity index (χ2v) is 5.09. The second-order valence-electron chi connectivity index (χ2n) is 5.09. The monoisotopic (exact) mass is 274 g/mol. The van der Waals surface area contributed by atoms with Gasteiger partial charge in [-0.2, -0.15) is 0 Å². The SMILES string of the molecule is NCc1oc2ccccc2c1OCC(=O)NCC1CC1. The van der Waals surface area contributed by atoms with Gasteiger partial charge in [0.1, 0.15) is 5.58 Å². The van der Waals surface area contributed by atoms with Crippen molar-refractivity contribution < 1.29 is 13.9 Å². The highest BCUT2D eigenvalue weighted by Crippen LogP contribution is 2.32. The van der Waals surface area contributed by atoms with E-state index in [4.69, 9.17) is 14.9 Å². The fourth-order valence-corrected chi connectivity index (χ4v) is 2.13. The minimum Gasteiger partial charge on any atom is -0.479 e. The van der Waals surface area contributed by atoms with Crippen LogP contribution in [0.3, 0.4) is 0 Å². The Kier molecular flexibility index (Phi) is 3.60. The minimum absolute atomic E-state index is 0.0107. The molecular formula is C15H18N2O3. The third kappa shape index (κ3) is 2.77. The van der Waals surface area contributed by atoms with Crippen molar-refractivity contribution in [1.82, 2.24) is 5.32 Å². The molecule has 1 aromatic heterocycles. The van der Waals surface area contributed by atoms with Crippen molar-refractivity contribution in [3.63, 3.8) is 0 Å². The lowest BCUT2D eigenvalue weighted by molar-refractivity contribution is -0.123. The molecule has 1 aliphatic carbocycles. The Labute approximate surface area is 117 Å². The number of rotatable bonds is 6. The fraction of sp³-hybridized carbons (Fsp3) is 0.400. The van der Waals surface area contributed by atoms with E-state index in [9.17, 15) is 4.79 Å². The average molecular weight is 274 g/mol. The Morgan fingerprint density at radius 2 is 2.20 bits per heavy atom. The molecule has 20 heavy (non-hydrogen) atoms. The molecule has 0 spiro atoms. The first-order valence-electron chi connectivity index (χ1n) is 6.88. The molecule has 0 atom stereocenters. The molecule has 0 unspecified atom stereocenters. The second kappa shape index (κ2) is 5.54. The fourth-order valence-electron chi connectivity index (χ4n) is 2.13. The van der Waals surface area contributed by atoms with E-state index in [2.05, 4.69) is 5.32 Å². The largest absolute Gasteiger partial charge is 0.479 e. The summed E-state index contributed by atoms with van der Waals surface area (Å²) < 4.78 is 11.2. The first-order valence-corrected chi connectivity index (χ1v) is 6.88. The number of hydrogen-bond acceptors (Lipinski definition) is 4. The molecule has 0 aliphatic heterocycles. The summed E-state index contributed by atoms with van der Waals surface area (Å²) in [6, 6.07) is 7.54. The molecule has 3 rings (SSSR count). The smallest absolute Gasteiger partial charge is 0.257 e. The lowest BCUT2D eigenvalue weighted by Crippen LogP contribution is -2.30. The molecule has 1 saturated carbocycles. The number of carbonyl (C=O) groups is 1. The third-order valence-electron chi connectivity index (χ3n) is 3.44. The zero-order valence-corrected chi connectivity index (χ0v) is 11.2. The molecule has 106 valence electrons. The lowest BCUT2D eigenvalue weighted by atomic mass is 10.2. The van der Waals surface area contributed by atoms with E-state index in [-0.39, 0.29) is 19.1 Å². The molecule has 5 nitrogen and oxygen atoms in total. The molecule has 3 N–H and O–H groups in total. The van der Waals surface area contributed by atoms with Crippen molar-refractivity contribution >= 4 is 16.9 Å². The van der Waals surface area contributed by atoms with Gasteiger partial charge in [-0.1, -0.05) is 12.1 Å². The maximum atomic E-state index is 11.7. The first kappa shape index (κ1) is 13.0. The number of furan rings is 1. The van der Waals surface area contributed by atoms with Crippen LogP contribution >= 0.6 is 0 Å². The van der Waals surface area contributed by atoms with E-state index >= 15 is 0 Å². The Morgan fingerprint density at radius 1 is 1.40 bits per heavy atom. The van der Waals surface area contributed by atoms with Crippen LogP contribution in [0, 0.1) is 5.92 Å². The molecular weight excluding hydrogens is 256 g/mol. The summed E-state index contributed by atoms with van der Waals surface area (Å²) in [7, 11) is 0. The zero-order chi connectivity index (χ0) is 13.9. The van der Waals surface area contributed by atoms with E-state index in [1.165, 1.54) is 12.8 Å². The van der Waals surface area contributed by atoms with Crippen molar-refractivity contribution in [2.75, 3.05) is 13.2 Å². The number of para-hydroxylation sites is 1. The van der Waals surface area contributed by atoms with Crippen LogP contribution in [-0.4, -0.2) is 19.1 Å². The minimum atomic E-state index is -0.106. The van der Waals surface area contributed by atoms with Crippen LogP contribution in [0.4, 0.5) is 0 Å². The number of amides is 1. The molecule has 0 bridgehead atoms. The first-order chi connectivity index (χ1) is 9.78. The number of ether oxygens (including phenoxy) is 1. The van der Waals surface area contributed by atoms with Crippen molar-refractivity contribution in [2.45, 2.75) is 19.4 Å². The van der Waals surface area contributed by atoms with E-state index in [1.54, 1.807) is 0 Å². The molecule has 1 amide bonds. The van der Waals surface area contributed by atoms with Crippen molar-refractivity contribution in [1.29, 1.82) is 0 Å². The van der Waals surface area contributed by atoms with Gasteiger partial charge < -0.3 is 20.2 Å². The molecule has 0 saturated heterocycles. The number of nitrogens with two attached hydrogens (primary N) is 1. The van der Waals surface area contributed by atoms with Crippen LogP contribution in [0.1, 0.15) is 18.6 Å². The molecule has 2 aromatic rings. The number of hydrogen-bond donors (Lipinski definition) is 2. The maximum Gasteiger partial charge on any atom is 0.257 e. The van der Waals surface area contributed by atoms with Gasteiger partial charge in [0.25, 0.3) is 5.91 Å². The lowest BCUT2D eigenvalue weighted by Gasteiger charge is -2.07. The van der Waals surface area contributed by atoms with Gasteiger partial charge in [-0.25, -0.2) is 0 Å². The van der Waals surface area contributed by atoms with Gasteiger partial charge in [-0.15, -0.1) is 0 Å². The summed E-state index contributed by atoms with van der Waals surface area (Å²) in [5.41, 5.74) is 6.38. The van der Waals surface area contributed by atoms with Crippen molar-refractivity contribution in [3.8, 4) is 5.75 Å². The van der Waals surface area contributed by atoms with Crippen molar-refractivity contribution in [3.05, 3.63) is 30.0 Å². The van der Waals surface area contributed by atoms with Gasteiger partial charge >= 0.3 is 0 Å². The van der Waals surface area contributed by atoms with Crippen LogP contribution in [0.5, 0.6) is 5.75 Å². The van der Waals surface area contributed by atoms with Gasteiger partial charge in [0.05, 0.1) is 11.9 Å². The van der Waals surface area contributed by atoms with E-state index < -0.39 is 0 Å². The summed E-state index contributed by atoms with van der Waals surface area (Å²) in [6.07, 6.45) is 2.43. The standard InChI is InChI=1S/C15H18N2O3/c16-7-13-15(11-3-1-2-4-12(11)20-13)19-9-14(18)17-8-10-5-6-10/h1-4,10H,5-9,16H2,(H,17,18). The van der Waals surface area contributed by atoms with Gasteiger partial charge in [0, 0.05) is 6.54 Å². The summed E-state index contributed by atoms with van der Waals surface area (Å²) in [6.45, 7) is 0.981. The summed E-state index contributed by atoms with van der Waals surface area (Å²) in [5.74, 6) is 1.70. The van der Waals surface area contributed by atoms with Gasteiger partial charge in [0.2, 0.25) is 0 Å².